The van der Waals surface area contributed by atoms with Crippen LogP contribution in [0.15, 0.2) is 6.07 Å². The van der Waals surface area contributed by atoms with E-state index in [-0.39, 0.29) is 5.95 Å². The molecule has 0 aliphatic carbocycles. The number of halogens is 1. The van der Waals surface area contributed by atoms with Crippen molar-refractivity contribution >= 4 is 23.4 Å². The first-order chi connectivity index (χ1) is 7.63. The van der Waals surface area contributed by atoms with Crippen molar-refractivity contribution in [2.75, 3.05) is 44.4 Å². The molecular weight excluding hydrogens is 228 g/mol. The monoisotopic (exact) mass is 242 g/mol. The molecule has 2 rings (SSSR count). The SMILES string of the molecule is CN1CCN(Nc2cc(Cl)nc(N)n2)CC1. The van der Waals surface area contributed by atoms with E-state index in [1.807, 2.05) is 0 Å². The summed E-state index contributed by atoms with van der Waals surface area (Å²) in [5.41, 5.74) is 8.69. The van der Waals surface area contributed by atoms with E-state index < -0.39 is 0 Å². The number of hydrogen-bond donors (Lipinski definition) is 2. The van der Waals surface area contributed by atoms with Gasteiger partial charge in [0.1, 0.15) is 11.0 Å². The van der Waals surface area contributed by atoms with Crippen molar-refractivity contribution in [3.63, 3.8) is 0 Å². The zero-order chi connectivity index (χ0) is 11.5. The summed E-state index contributed by atoms with van der Waals surface area (Å²) in [6.07, 6.45) is 0. The fourth-order valence-electron chi connectivity index (χ4n) is 1.57. The molecule has 0 unspecified atom stereocenters. The number of rotatable bonds is 2. The van der Waals surface area contributed by atoms with Crippen molar-refractivity contribution in [2.45, 2.75) is 0 Å². The zero-order valence-electron chi connectivity index (χ0n) is 9.15. The molecule has 0 saturated carbocycles. The average Bonchev–Trinajstić information content (AvgIpc) is 2.20. The molecule has 1 saturated heterocycles. The molecule has 6 nitrogen and oxygen atoms in total. The van der Waals surface area contributed by atoms with Crippen molar-refractivity contribution < 1.29 is 0 Å². The molecule has 1 aromatic rings. The van der Waals surface area contributed by atoms with Gasteiger partial charge in [-0.15, -0.1) is 0 Å². The van der Waals surface area contributed by atoms with E-state index in [9.17, 15) is 0 Å². The van der Waals surface area contributed by atoms with E-state index in [0.717, 1.165) is 26.2 Å². The predicted molar refractivity (Wildman–Crippen MR) is 64.1 cm³/mol. The van der Waals surface area contributed by atoms with Gasteiger partial charge in [-0.05, 0) is 7.05 Å². The van der Waals surface area contributed by atoms with Gasteiger partial charge in [-0.2, -0.15) is 4.98 Å². The lowest BCUT2D eigenvalue weighted by Crippen LogP contribution is -2.47. The molecule has 0 amide bonds. The molecule has 88 valence electrons. The van der Waals surface area contributed by atoms with Crippen LogP contribution in [0.3, 0.4) is 0 Å². The zero-order valence-corrected chi connectivity index (χ0v) is 9.91. The highest BCUT2D eigenvalue weighted by Gasteiger charge is 2.14. The summed E-state index contributed by atoms with van der Waals surface area (Å²) in [6, 6.07) is 1.66. The van der Waals surface area contributed by atoms with E-state index in [1.54, 1.807) is 6.07 Å². The van der Waals surface area contributed by atoms with Crippen LogP contribution >= 0.6 is 11.6 Å². The summed E-state index contributed by atoms with van der Waals surface area (Å²) < 4.78 is 0. The second kappa shape index (κ2) is 4.82. The fourth-order valence-corrected chi connectivity index (χ4v) is 1.76. The Morgan fingerprint density at radius 2 is 2.00 bits per heavy atom. The summed E-state index contributed by atoms with van der Waals surface area (Å²) in [4.78, 5) is 10.1. The normalized spacial score (nSPS) is 18.6. The summed E-state index contributed by atoms with van der Waals surface area (Å²) in [5.74, 6) is 0.825. The van der Waals surface area contributed by atoms with Crippen LogP contribution in [0.4, 0.5) is 11.8 Å². The number of nitrogens with zero attached hydrogens (tertiary/aromatic N) is 4. The smallest absolute Gasteiger partial charge is 0.223 e. The third-order valence-electron chi connectivity index (χ3n) is 2.49. The minimum atomic E-state index is 0.184. The number of hydrogen-bond acceptors (Lipinski definition) is 6. The molecule has 0 spiro atoms. The molecule has 0 atom stereocenters. The van der Waals surface area contributed by atoms with E-state index in [0.29, 0.717) is 11.0 Å². The summed E-state index contributed by atoms with van der Waals surface area (Å²) >= 11 is 5.79. The number of nitrogens with one attached hydrogen (secondary N) is 1. The highest BCUT2D eigenvalue weighted by Crippen LogP contribution is 2.13. The van der Waals surface area contributed by atoms with Crippen LogP contribution in [-0.2, 0) is 0 Å². The number of nitrogens with two attached hydrogens (primary N) is 1. The molecule has 2 heterocycles. The summed E-state index contributed by atoms with van der Waals surface area (Å²) in [7, 11) is 2.11. The average molecular weight is 243 g/mol. The Labute approximate surface area is 99.4 Å². The molecule has 1 fully saturated rings. The molecule has 0 bridgehead atoms. The maximum Gasteiger partial charge on any atom is 0.223 e. The Bertz CT molecular complexity index is 343. The van der Waals surface area contributed by atoms with Crippen LogP contribution in [0.1, 0.15) is 0 Å². The lowest BCUT2D eigenvalue weighted by molar-refractivity contribution is 0.178. The number of piperazine rings is 1. The van der Waals surface area contributed by atoms with Gasteiger partial charge in [-0.1, -0.05) is 11.6 Å². The first-order valence-corrected chi connectivity index (χ1v) is 5.51. The lowest BCUT2D eigenvalue weighted by Gasteiger charge is -2.32. The van der Waals surface area contributed by atoms with Crippen LogP contribution in [0.5, 0.6) is 0 Å². The van der Waals surface area contributed by atoms with Crippen molar-refractivity contribution in [1.29, 1.82) is 0 Å². The molecule has 0 aromatic carbocycles. The fraction of sp³-hybridized carbons (Fsp3) is 0.556. The van der Waals surface area contributed by atoms with Gasteiger partial charge in [0, 0.05) is 32.2 Å². The molecule has 1 aromatic heterocycles. The molecule has 16 heavy (non-hydrogen) atoms. The Morgan fingerprint density at radius 3 is 2.62 bits per heavy atom. The van der Waals surface area contributed by atoms with Gasteiger partial charge >= 0.3 is 0 Å². The minimum absolute atomic E-state index is 0.184. The highest BCUT2D eigenvalue weighted by molar-refractivity contribution is 6.29. The van der Waals surface area contributed by atoms with Crippen LogP contribution < -0.4 is 11.2 Å². The molecule has 7 heteroatoms. The van der Waals surface area contributed by atoms with Gasteiger partial charge in [0.15, 0.2) is 0 Å². The van der Waals surface area contributed by atoms with Crippen molar-refractivity contribution in [1.82, 2.24) is 19.9 Å². The lowest BCUT2D eigenvalue weighted by atomic mass is 10.4. The molecular formula is C9H15ClN6. The minimum Gasteiger partial charge on any atom is -0.368 e. The predicted octanol–water partition coefficient (Wildman–Crippen LogP) is 0.286. The largest absolute Gasteiger partial charge is 0.368 e. The molecule has 0 radical (unpaired) electrons. The van der Waals surface area contributed by atoms with Crippen molar-refractivity contribution in [3.05, 3.63) is 11.2 Å². The molecule has 1 aliphatic heterocycles. The van der Waals surface area contributed by atoms with Gasteiger partial charge in [0.05, 0.1) is 0 Å². The standard InChI is InChI=1S/C9H15ClN6/c1-15-2-4-16(5-3-15)14-8-6-7(10)12-9(11)13-8/h6H,2-5H2,1H3,(H3,11,12,13,14). The van der Waals surface area contributed by atoms with Gasteiger partial charge in [-0.3, -0.25) is 0 Å². The number of hydrazine groups is 1. The third-order valence-corrected chi connectivity index (χ3v) is 2.68. The third kappa shape index (κ3) is 2.94. The van der Waals surface area contributed by atoms with E-state index in [4.69, 9.17) is 17.3 Å². The van der Waals surface area contributed by atoms with E-state index in [1.165, 1.54) is 0 Å². The number of aromatic nitrogens is 2. The van der Waals surface area contributed by atoms with Gasteiger partial charge in [0.25, 0.3) is 0 Å². The van der Waals surface area contributed by atoms with Gasteiger partial charge in [-0.25, -0.2) is 9.99 Å². The van der Waals surface area contributed by atoms with Crippen molar-refractivity contribution in [2.24, 2.45) is 0 Å². The Kier molecular flexibility index (Phi) is 3.42. The Hall–Kier alpha value is -1.11. The quantitative estimate of drug-likeness (QED) is 0.727. The van der Waals surface area contributed by atoms with Crippen LogP contribution in [0.25, 0.3) is 0 Å². The first-order valence-electron chi connectivity index (χ1n) is 5.14. The second-order valence-electron chi connectivity index (χ2n) is 3.84. The van der Waals surface area contributed by atoms with Crippen LogP contribution in [0.2, 0.25) is 5.15 Å². The Morgan fingerprint density at radius 1 is 1.31 bits per heavy atom. The summed E-state index contributed by atoms with van der Waals surface area (Å²) in [6.45, 7) is 3.94. The topological polar surface area (TPSA) is 70.3 Å². The second-order valence-corrected chi connectivity index (χ2v) is 4.22. The highest BCUT2D eigenvalue weighted by atomic mass is 35.5. The van der Waals surface area contributed by atoms with Crippen LogP contribution in [0, 0.1) is 0 Å². The molecule has 1 aliphatic rings. The van der Waals surface area contributed by atoms with Crippen LogP contribution in [-0.4, -0.2) is 53.1 Å². The summed E-state index contributed by atoms with van der Waals surface area (Å²) in [5, 5.41) is 2.45. The number of anilines is 2. The maximum absolute atomic E-state index is 5.79. The van der Waals surface area contributed by atoms with E-state index >= 15 is 0 Å². The maximum atomic E-state index is 5.79. The van der Waals surface area contributed by atoms with Gasteiger partial charge in [0.2, 0.25) is 5.95 Å². The van der Waals surface area contributed by atoms with Gasteiger partial charge < -0.3 is 16.1 Å². The Balaban J connectivity index is 1.98. The van der Waals surface area contributed by atoms with Crippen molar-refractivity contribution in [3.8, 4) is 0 Å². The number of nitrogen functional groups attached to an aromatic ring is 1. The molecule has 3 N–H and O–H groups in total. The van der Waals surface area contributed by atoms with E-state index in [2.05, 4.69) is 32.4 Å². The number of likely N-dealkylation sites (N-methyl/N-ethyl adjacent to an activating group) is 1. The first kappa shape index (κ1) is 11.4.